The van der Waals surface area contributed by atoms with Gasteiger partial charge in [-0.2, -0.15) is 0 Å². The second-order valence-electron chi connectivity index (χ2n) is 8.03. The third-order valence-electron chi connectivity index (χ3n) is 7.01. The average Bonchev–Trinajstić information content (AvgIpc) is 2.65. The van der Waals surface area contributed by atoms with Crippen molar-refractivity contribution in [2.24, 2.45) is 11.8 Å². The maximum Gasteiger partial charge on any atom is 0.00200 e. The number of benzene rings is 2. The summed E-state index contributed by atoms with van der Waals surface area (Å²) in [4.78, 5) is 0. The summed E-state index contributed by atoms with van der Waals surface area (Å²) >= 11 is 0. The molecule has 7 rings (SSSR count). The van der Waals surface area contributed by atoms with Gasteiger partial charge >= 0.3 is 0 Å². The topological polar surface area (TPSA) is 0 Å². The van der Waals surface area contributed by atoms with Crippen LogP contribution >= 0.6 is 0 Å². The van der Waals surface area contributed by atoms with Gasteiger partial charge in [0.15, 0.2) is 0 Å². The highest BCUT2D eigenvalue weighted by atomic mass is 14.5. The van der Waals surface area contributed by atoms with Gasteiger partial charge in [0.2, 0.25) is 0 Å². The van der Waals surface area contributed by atoms with Crippen molar-refractivity contribution in [3.8, 4) is 0 Å². The van der Waals surface area contributed by atoms with Crippen LogP contribution in [-0.2, 0) is 25.7 Å². The molecule has 0 radical (unpaired) electrons. The van der Waals surface area contributed by atoms with E-state index in [-0.39, 0.29) is 0 Å². The summed E-state index contributed by atoms with van der Waals surface area (Å²) in [5.74, 6) is 1.50. The zero-order chi connectivity index (χ0) is 15.7. The van der Waals surface area contributed by atoms with Gasteiger partial charge in [-0.15, -0.1) is 0 Å². The van der Waals surface area contributed by atoms with Crippen molar-refractivity contribution in [2.45, 2.75) is 38.5 Å². The third-order valence-corrected chi connectivity index (χ3v) is 7.01. The van der Waals surface area contributed by atoms with Crippen molar-refractivity contribution in [1.29, 1.82) is 0 Å². The van der Waals surface area contributed by atoms with Gasteiger partial charge in [-0.25, -0.2) is 0 Å². The average molecular weight is 310 g/mol. The molecule has 5 aliphatic carbocycles. The summed E-state index contributed by atoms with van der Waals surface area (Å²) in [6.07, 6.45) is 7.64. The fraction of sp³-hybridized carbons (Fsp3) is 0.333. The Morgan fingerprint density at radius 1 is 0.458 bits per heavy atom. The second kappa shape index (κ2) is 4.72. The molecule has 0 N–H and O–H groups in total. The molecule has 2 bridgehead atoms. The summed E-state index contributed by atoms with van der Waals surface area (Å²) in [6, 6.07) is 18.3. The van der Waals surface area contributed by atoms with Crippen LogP contribution in [0, 0.1) is 11.8 Å². The first-order valence-electron chi connectivity index (χ1n) is 9.45. The van der Waals surface area contributed by atoms with Crippen LogP contribution in [0.15, 0.2) is 70.8 Å². The fourth-order valence-corrected chi connectivity index (χ4v) is 5.92. The Morgan fingerprint density at radius 2 is 0.750 bits per heavy atom. The first-order valence-corrected chi connectivity index (χ1v) is 9.45. The van der Waals surface area contributed by atoms with Crippen molar-refractivity contribution in [3.05, 3.63) is 93.1 Å². The molecular formula is C24H22. The molecule has 0 saturated heterocycles. The molecule has 0 unspecified atom stereocenters. The molecule has 0 heterocycles. The van der Waals surface area contributed by atoms with E-state index in [9.17, 15) is 0 Å². The number of rotatable bonds is 0. The van der Waals surface area contributed by atoms with Gasteiger partial charge < -0.3 is 0 Å². The summed E-state index contributed by atoms with van der Waals surface area (Å²) in [7, 11) is 0. The summed E-state index contributed by atoms with van der Waals surface area (Å²) < 4.78 is 0. The van der Waals surface area contributed by atoms with Crippen LogP contribution in [0.4, 0.5) is 0 Å². The first kappa shape index (κ1) is 13.2. The van der Waals surface area contributed by atoms with Crippen molar-refractivity contribution in [1.82, 2.24) is 0 Å². The lowest BCUT2D eigenvalue weighted by Gasteiger charge is -2.48. The molecule has 5 aliphatic rings. The minimum atomic E-state index is 0.752. The van der Waals surface area contributed by atoms with Gasteiger partial charge in [0, 0.05) is 11.8 Å². The first-order chi connectivity index (χ1) is 11.9. The standard InChI is InChI=1S/C24H22/c1-2-6-16-12-22-20-10-9-19(21(22)11-15(16)5-1)23-13-17-7-3-4-8-18(17)14-24(20)23/h1-8,19-20H,9-14H2. The monoisotopic (exact) mass is 310 g/mol. The van der Waals surface area contributed by atoms with Gasteiger partial charge in [-0.3, -0.25) is 0 Å². The zero-order valence-corrected chi connectivity index (χ0v) is 14.0. The van der Waals surface area contributed by atoms with Crippen molar-refractivity contribution in [2.75, 3.05) is 0 Å². The number of fused-ring (bicyclic) bond motifs is 3. The van der Waals surface area contributed by atoms with Crippen LogP contribution in [0.2, 0.25) is 0 Å². The number of hydrogen-bond donors (Lipinski definition) is 0. The van der Waals surface area contributed by atoms with E-state index in [2.05, 4.69) is 48.5 Å². The highest BCUT2D eigenvalue weighted by molar-refractivity contribution is 5.55. The Morgan fingerprint density at radius 3 is 1.04 bits per heavy atom. The van der Waals surface area contributed by atoms with Gasteiger partial charge in [0.1, 0.15) is 0 Å². The van der Waals surface area contributed by atoms with Crippen LogP contribution in [0.3, 0.4) is 0 Å². The molecule has 0 heteroatoms. The molecule has 0 amide bonds. The molecule has 0 nitrogen and oxygen atoms in total. The predicted molar refractivity (Wildman–Crippen MR) is 98.0 cm³/mol. The quantitative estimate of drug-likeness (QED) is 0.585. The largest absolute Gasteiger partial charge is 0.0620 e. The smallest absolute Gasteiger partial charge is 0.00200 e. The molecule has 0 fully saturated rings. The van der Waals surface area contributed by atoms with Crippen LogP contribution < -0.4 is 0 Å². The summed E-state index contributed by atoms with van der Waals surface area (Å²) in [6.45, 7) is 0. The maximum absolute atomic E-state index is 2.35. The van der Waals surface area contributed by atoms with E-state index in [1.807, 2.05) is 22.3 Å². The van der Waals surface area contributed by atoms with E-state index in [1.54, 1.807) is 22.3 Å². The highest BCUT2D eigenvalue weighted by Crippen LogP contribution is 2.54. The molecule has 2 aromatic rings. The lowest BCUT2D eigenvalue weighted by Crippen LogP contribution is -2.36. The second-order valence-corrected chi connectivity index (χ2v) is 8.03. The Bertz CT molecular complexity index is 777. The normalized spacial score (nSPS) is 26.7. The molecule has 0 aromatic heterocycles. The fourth-order valence-electron chi connectivity index (χ4n) is 5.92. The van der Waals surface area contributed by atoms with Crippen LogP contribution in [-0.4, -0.2) is 0 Å². The summed E-state index contributed by atoms with van der Waals surface area (Å²) in [5.41, 5.74) is 13.6. The predicted octanol–water partition coefficient (Wildman–Crippen LogP) is 5.22. The van der Waals surface area contributed by atoms with E-state index >= 15 is 0 Å². The SMILES string of the molecule is c1ccc2c(c1)CC1=C(C2)C2CCC1C1=C2Cc2ccccc2C1. The lowest BCUT2D eigenvalue weighted by molar-refractivity contribution is 0.402. The molecule has 118 valence electrons. The number of hydrogen-bond acceptors (Lipinski definition) is 0. The van der Waals surface area contributed by atoms with E-state index in [4.69, 9.17) is 0 Å². The maximum atomic E-state index is 2.35. The molecule has 24 heavy (non-hydrogen) atoms. The van der Waals surface area contributed by atoms with Crippen LogP contribution in [0.25, 0.3) is 0 Å². The van der Waals surface area contributed by atoms with E-state index in [0.29, 0.717) is 0 Å². The van der Waals surface area contributed by atoms with E-state index in [0.717, 1.165) is 11.8 Å². The molecule has 0 aliphatic heterocycles. The third kappa shape index (κ3) is 1.69. The van der Waals surface area contributed by atoms with Crippen molar-refractivity contribution in [3.63, 3.8) is 0 Å². The molecule has 2 aromatic carbocycles. The highest BCUT2D eigenvalue weighted by Gasteiger charge is 2.43. The van der Waals surface area contributed by atoms with Crippen LogP contribution in [0.1, 0.15) is 35.1 Å². The van der Waals surface area contributed by atoms with Crippen molar-refractivity contribution >= 4 is 0 Å². The number of allylic oxidation sites excluding steroid dienone is 4. The van der Waals surface area contributed by atoms with E-state index < -0.39 is 0 Å². The summed E-state index contributed by atoms with van der Waals surface area (Å²) in [5, 5.41) is 0. The lowest BCUT2D eigenvalue weighted by atomic mass is 9.57. The Kier molecular flexibility index (Phi) is 2.61. The Balaban J connectivity index is 1.45. The minimum absolute atomic E-state index is 0.752. The van der Waals surface area contributed by atoms with Gasteiger partial charge in [-0.05, 0) is 60.8 Å². The molecule has 0 saturated carbocycles. The van der Waals surface area contributed by atoms with Crippen molar-refractivity contribution < 1.29 is 0 Å². The zero-order valence-electron chi connectivity index (χ0n) is 14.0. The Hall–Kier alpha value is -2.08. The Labute approximate surface area is 143 Å². The minimum Gasteiger partial charge on any atom is -0.0620 e. The van der Waals surface area contributed by atoms with Gasteiger partial charge in [-0.1, -0.05) is 70.8 Å². The molecule has 0 atom stereocenters. The van der Waals surface area contributed by atoms with Gasteiger partial charge in [0.25, 0.3) is 0 Å². The van der Waals surface area contributed by atoms with E-state index in [1.165, 1.54) is 38.5 Å². The molecular weight excluding hydrogens is 288 g/mol. The van der Waals surface area contributed by atoms with Crippen LogP contribution in [0.5, 0.6) is 0 Å². The molecule has 0 spiro atoms. The van der Waals surface area contributed by atoms with Gasteiger partial charge in [0.05, 0.1) is 0 Å².